The lowest BCUT2D eigenvalue weighted by Crippen LogP contribution is -2.30. The van der Waals surface area contributed by atoms with Gasteiger partial charge in [-0.1, -0.05) is 43.5 Å². The molecule has 0 N–H and O–H groups in total. The van der Waals surface area contributed by atoms with Crippen LogP contribution in [0.3, 0.4) is 0 Å². The van der Waals surface area contributed by atoms with E-state index >= 15 is 0 Å². The van der Waals surface area contributed by atoms with Gasteiger partial charge in [0.2, 0.25) is 0 Å². The fraction of sp³-hybridized carbons (Fsp3) is 0.267. The van der Waals surface area contributed by atoms with Crippen LogP contribution in [0.5, 0.6) is 0 Å². The summed E-state index contributed by atoms with van der Waals surface area (Å²) in [6.07, 6.45) is 2.58. The van der Waals surface area contributed by atoms with Crippen molar-refractivity contribution in [3.8, 4) is 0 Å². The molecule has 0 radical (unpaired) electrons. The van der Waals surface area contributed by atoms with E-state index in [1.54, 1.807) is 6.08 Å². The van der Waals surface area contributed by atoms with Crippen molar-refractivity contribution in [1.82, 2.24) is 0 Å². The number of epoxide rings is 1. The van der Waals surface area contributed by atoms with Crippen LogP contribution in [0, 0.1) is 0 Å². The largest absolute Gasteiger partial charge is 0.456 e. The van der Waals surface area contributed by atoms with Gasteiger partial charge in [0.05, 0.1) is 6.61 Å². The van der Waals surface area contributed by atoms with E-state index in [4.69, 9.17) is 9.47 Å². The highest BCUT2D eigenvalue weighted by Gasteiger charge is 2.54. The molecule has 0 aromatic heterocycles. The fourth-order valence-corrected chi connectivity index (χ4v) is 2.06. The van der Waals surface area contributed by atoms with Crippen molar-refractivity contribution >= 4 is 12.0 Å². The first-order valence-corrected chi connectivity index (χ1v) is 5.83. The molecule has 0 spiro atoms. The van der Waals surface area contributed by atoms with Gasteiger partial charge in [0.1, 0.15) is 6.10 Å². The molecule has 1 aliphatic rings. The van der Waals surface area contributed by atoms with Gasteiger partial charge in [-0.2, -0.15) is 0 Å². The molecule has 0 amide bonds. The molecule has 1 aromatic rings. The maximum atomic E-state index is 11.3. The summed E-state index contributed by atoms with van der Waals surface area (Å²) in [4.78, 5) is 11.3. The molecule has 1 aliphatic heterocycles. The van der Waals surface area contributed by atoms with Crippen molar-refractivity contribution in [2.75, 3.05) is 6.61 Å². The quantitative estimate of drug-likeness (QED) is 0.454. The molecule has 2 unspecified atom stereocenters. The standard InChI is InChI=1S/C15H16O3/c1-4-12-8-6-7-9-13(12)15(10-17-15)11(3)18-14(16)5-2/h4-9,11H,1-2,10H2,3H3. The number of carbonyl (C=O) groups is 1. The molecule has 18 heavy (non-hydrogen) atoms. The highest BCUT2D eigenvalue weighted by atomic mass is 16.6. The highest BCUT2D eigenvalue weighted by Crippen LogP contribution is 2.45. The van der Waals surface area contributed by atoms with Crippen molar-refractivity contribution < 1.29 is 14.3 Å². The van der Waals surface area contributed by atoms with Crippen molar-refractivity contribution in [2.24, 2.45) is 0 Å². The van der Waals surface area contributed by atoms with Crippen molar-refractivity contribution in [3.05, 3.63) is 54.6 Å². The van der Waals surface area contributed by atoms with Gasteiger partial charge in [-0.05, 0) is 18.1 Å². The normalized spacial score (nSPS) is 22.9. The number of benzene rings is 1. The van der Waals surface area contributed by atoms with Crippen molar-refractivity contribution in [3.63, 3.8) is 0 Å². The molecule has 3 heteroatoms. The van der Waals surface area contributed by atoms with E-state index in [0.29, 0.717) is 6.61 Å². The Morgan fingerprint density at radius 3 is 2.72 bits per heavy atom. The second kappa shape index (κ2) is 4.78. The average Bonchev–Trinajstić information content (AvgIpc) is 3.20. The van der Waals surface area contributed by atoms with Crippen molar-refractivity contribution in [2.45, 2.75) is 18.6 Å². The van der Waals surface area contributed by atoms with E-state index in [9.17, 15) is 4.79 Å². The molecule has 94 valence electrons. The minimum atomic E-state index is -0.538. The summed E-state index contributed by atoms with van der Waals surface area (Å²) >= 11 is 0. The lowest BCUT2D eigenvalue weighted by atomic mass is 9.90. The third-order valence-electron chi connectivity index (χ3n) is 3.21. The third kappa shape index (κ3) is 2.09. The minimum absolute atomic E-state index is 0.357. The summed E-state index contributed by atoms with van der Waals surface area (Å²) in [5, 5.41) is 0. The minimum Gasteiger partial charge on any atom is -0.456 e. The smallest absolute Gasteiger partial charge is 0.330 e. The number of hydrogen-bond donors (Lipinski definition) is 0. The molecule has 0 saturated carbocycles. The Kier molecular flexibility index (Phi) is 3.34. The first-order valence-electron chi connectivity index (χ1n) is 5.83. The van der Waals surface area contributed by atoms with Gasteiger partial charge in [-0.15, -0.1) is 0 Å². The highest BCUT2D eigenvalue weighted by molar-refractivity contribution is 5.81. The average molecular weight is 244 g/mol. The van der Waals surface area contributed by atoms with Gasteiger partial charge in [-0.25, -0.2) is 4.79 Å². The van der Waals surface area contributed by atoms with Crippen molar-refractivity contribution in [1.29, 1.82) is 0 Å². The Balaban J connectivity index is 2.28. The predicted octanol–water partition coefficient (Wildman–Crippen LogP) is 2.67. The van der Waals surface area contributed by atoms with Gasteiger partial charge in [-0.3, -0.25) is 0 Å². The summed E-state index contributed by atoms with van der Waals surface area (Å²) < 4.78 is 10.8. The second-order valence-corrected chi connectivity index (χ2v) is 4.25. The van der Waals surface area contributed by atoms with Crippen LogP contribution in [0.15, 0.2) is 43.5 Å². The van der Waals surface area contributed by atoms with Gasteiger partial charge in [0.15, 0.2) is 5.60 Å². The fourth-order valence-electron chi connectivity index (χ4n) is 2.06. The van der Waals surface area contributed by atoms with Crippen LogP contribution in [0.25, 0.3) is 6.08 Å². The lowest BCUT2D eigenvalue weighted by molar-refractivity contribution is -0.145. The zero-order chi connectivity index (χ0) is 13.2. The van der Waals surface area contributed by atoms with E-state index in [2.05, 4.69) is 13.2 Å². The van der Waals surface area contributed by atoms with E-state index in [-0.39, 0.29) is 6.10 Å². The summed E-state index contributed by atoms with van der Waals surface area (Å²) in [6, 6.07) is 7.82. The molecule has 1 aromatic carbocycles. The molecular formula is C15H16O3. The first kappa shape index (κ1) is 12.6. The number of rotatable bonds is 5. The number of esters is 1. The van der Waals surface area contributed by atoms with Crippen LogP contribution in [-0.4, -0.2) is 18.7 Å². The molecule has 2 atom stereocenters. The summed E-state index contributed by atoms with van der Waals surface area (Å²) in [6.45, 7) is 9.55. The van der Waals surface area contributed by atoms with E-state index in [1.807, 2.05) is 31.2 Å². The molecule has 3 nitrogen and oxygen atoms in total. The topological polar surface area (TPSA) is 38.8 Å². The third-order valence-corrected chi connectivity index (χ3v) is 3.21. The molecule has 2 rings (SSSR count). The second-order valence-electron chi connectivity index (χ2n) is 4.25. The number of ether oxygens (including phenoxy) is 2. The monoisotopic (exact) mass is 244 g/mol. The van der Waals surface area contributed by atoms with E-state index in [1.165, 1.54) is 0 Å². The molecule has 0 aliphatic carbocycles. The SMILES string of the molecule is C=CC(=O)OC(C)C1(c2ccccc2C=C)CO1. The summed E-state index contributed by atoms with van der Waals surface area (Å²) in [7, 11) is 0. The maximum Gasteiger partial charge on any atom is 0.330 e. The molecule has 1 saturated heterocycles. The molecule has 1 fully saturated rings. The summed E-state index contributed by atoms with van der Waals surface area (Å²) in [5.74, 6) is -0.437. The molecular weight excluding hydrogens is 228 g/mol. The number of hydrogen-bond acceptors (Lipinski definition) is 3. The van der Waals surface area contributed by atoms with Gasteiger partial charge in [0, 0.05) is 6.08 Å². The zero-order valence-electron chi connectivity index (χ0n) is 10.4. The van der Waals surface area contributed by atoms with Gasteiger partial charge >= 0.3 is 5.97 Å². The van der Waals surface area contributed by atoms with E-state index in [0.717, 1.165) is 17.2 Å². The Labute approximate surface area is 107 Å². The predicted molar refractivity (Wildman–Crippen MR) is 69.9 cm³/mol. The Morgan fingerprint density at radius 1 is 1.50 bits per heavy atom. The van der Waals surface area contributed by atoms with Crippen LogP contribution in [0.1, 0.15) is 18.1 Å². The van der Waals surface area contributed by atoms with E-state index < -0.39 is 11.6 Å². The Bertz CT molecular complexity index is 486. The summed E-state index contributed by atoms with van der Waals surface area (Å²) in [5.41, 5.74) is 1.46. The lowest BCUT2D eigenvalue weighted by Gasteiger charge is -2.22. The molecule has 1 heterocycles. The molecule has 0 bridgehead atoms. The van der Waals surface area contributed by atoms with Gasteiger partial charge < -0.3 is 9.47 Å². The first-order chi connectivity index (χ1) is 8.64. The Morgan fingerprint density at radius 2 is 2.17 bits per heavy atom. The van der Waals surface area contributed by atoms with Gasteiger partial charge in [0.25, 0.3) is 0 Å². The maximum absolute atomic E-state index is 11.3. The van der Waals surface area contributed by atoms with Crippen LogP contribution in [-0.2, 0) is 19.9 Å². The zero-order valence-corrected chi connectivity index (χ0v) is 10.4. The van der Waals surface area contributed by atoms with Crippen LogP contribution < -0.4 is 0 Å². The van der Waals surface area contributed by atoms with Crippen LogP contribution >= 0.6 is 0 Å². The van der Waals surface area contributed by atoms with Crippen LogP contribution in [0.4, 0.5) is 0 Å². The Hall–Kier alpha value is -1.87. The van der Waals surface area contributed by atoms with Crippen LogP contribution in [0.2, 0.25) is 0 Å². The number of carbonyl (C=O) groups excluding carboxylic acids is 1.